The summed E-state index contributed by atoms with van der Waals surface area (Å²) in [5.41, 5.74) is 0. The molecule has 0 aliphatic carbocycles. The molecule has 0 fully saturated rings. The topological polar surface area (TPSA) is 93.2 Å². The van der Waals surface area contributed by atoms with Crippen molar-refractivity contribution in [3.63, 3.8) is 0 Å². The third-order valence-corrected chi connectivity index (χ3v) is 2.96. The van der Waals surface area contributed by atoms with Gasteiger partial charge in [-0.2, -0.15) is 0 Å². The molecule has 1 heterocycles. The van der Waals surface area contributed by atoms with E-state index in [9.17, 15) is 8.42 Å². The lowest BCUT2D eigenvalue weighted by Crippen LogP contribution is -2.24. The van der Waals surface area contributed by atoms with Crippen molar-refractivity contribution < 1.29 is 13.2 Å². The van der Waals surface area contributed by atoms with Crippen LogP contribution in [0.1, 0.15) is 12.2 Å². The third kappa shape index (κ3) is 7.26. The summed E-state index contributed by atoms with van der Waals surface area (Å²) in [6.07, 6.45) is 1.76. The molecule has 1 aromatic rings. The quantitative estimate of drug-likeness (QED) is 0.540. The molecule has 0 atom stereocenters. The van der Waals surface area contributed by atoms with Crippen molar-refractivity contribution >= 4 is 27.4 Å². The molecule has 7 nitrogen and oxygen atoms in total. The predicted molar refractivity (Wildman–Crippen MR) is 73.7 cm³/mol. The predicted octanol–water partition coefficient (Wildman–Crippen LogP) is 0.628. The summed E-state index contributed by atoms with van der Waals surface area (Å²) in [6, 6.07) is 1.60. The first-order valence-corrected chi connectivity index (χ1v) is 7.88. The monoisotopic (exact) mass is 308 g/mol. The van der Waals surface area contributed by atoms with E-state index in [0.717, 1.165) is 6.26 Å². The molecule has 2 N–H and O–H groups in total. The highest BCUT2D eigenvalue weighted by Crippen LogP contribution is 2.11. The highest BCUT2D eigenvalue weighted by Gasteiger charge is 2.03. The average Bonchev–Trinajstić information content (AvgIpc) is 2.26. The maximum atomic E-state index is 10.8. The van der Waals surface area contributed by atoms with Crippen molar-refractivity contribution in [3.8, 4) is 0 Å². The molecule has 0 bridgehead atoms. The van der Waals surface area contributed by atoms with Gasteiger partial charge in [0.2, 0.25) is 10.0 Å². The molecule has 0 amide bonds. The zero-order chi connectivity index (χ0) is 14.3. The normalized spacial score (nSPS) is 11.5. The highest BCUT2D eigenvalue weighted by atomic mass is 35.5. The molecule has 0 radical (unpaired) electrons. The fourth-order valence-corrected chi connectivity index (χ4v) is 2.03. The Bertz CT molecular complexity index is 509. The number of rotatable bonds is 8. The Kier molecular flexibility index (Phi) is 6.43. The van der Waals surface area contributed by atoms with Crippen molar-refractivity contribution in [2.24, 2.45) is 0 Å². The number of hydrogen-bond donors (Lipinski definition) is 2. The van der Waals surface area contributed by atoms with Gasteiger partial charge in [-0.05, 0) is 6.42 Å². The number of methoxy groups -OCH3 is 1. The Morgan fingerprint density at radius 3 is 2.74 bits per heavy atom. The molecule has 108 valence electrons. The Hall–Kier alpha value is -0.960. The number of nitrogens with zero attached hydrogens (tertiary/aromatic N) is 2. The van der Waals surface area contributed by atoms with Crippen LogP contribution in [0.4, 0.5) is 5.82 Å². The number of sulfonamides is 1. The number of ether oxygens (including phenoxy) is 1. The second-order valence-electron chi connectivity index (χ2n) is 3.87. The van der Waals surface area contributed by atoms with Crippen molar-refractivity contribution in [2.75, 3.05) is 31.8 Å². The number of anilines is 1. The molecule has 0 aliphatic heterocycles. The molecule has 0 spiro atoms. The minimum Gasteiger partial charge on any atom is -0.377 e. The molecule has 0 aliphatic rings. The van der Waals surface area contributed by atoms with Crippen LogP contribution >= 0.6 is 11.6 Å². The maximum absolute atomic E-state index is 10.8. The van der Waals surface area contributed by atoms with E-state index in [1.807, 2.05) is 0 Å². The van der Waals surface area contributed by atoms with Crippen LogP contribution in [0.3, 0.4) is 0 Å². The summed E-state index contributed by atoms with van der Waals surface area (Å²) in [4.78, 5) is 8.20. The van der Waals surface area contributed by atoms with E-state index in [2.05, 4.69) is 20.0 Å². The van der Waals surface area contributed by atoms with Crippen LogP contribution in [0, 0.1) is 0 Å². The smallest absolute Gasteiger partial charge is 0.208 e. The van der Waals surface area contributed by atoms with Gasteiger partial charge in [0.15, 0.2) is 5.82 Å². The molecular formula is C10H17ClN4O3S. The summed E-state index contributed by atoms with van der Waals surface area (Å²) in [7, 11) is -1.58. The van der Waals surface area contributed by atoms with Crippen LogP contribution in [-0.4, -0.2) is 44.8 Å². The molecule has 0 aromatic carbocycles. The van der Waals surface area contributed by atoms with Crippen molar-refractivity contribution in [3.05, 3.63) is 17.0 Å². The first-order valence-electron chi connectivity index (χ1n) is 5.61. The molecule has 1 aromatic heterocycles. The van der Waals surface area contributed by atoms with E-state index < -0.39 is 10.0 Å². The van der Waals surface area contributed by atoms with Crippen molar-refractivity contribution in [1.82, 2.24) is 14.7 Å². The van der Waals surface area contributed by atoms with Crippen molar-refractivity contribution in [1.29, 1.82) is 0 Å². The second kappa shape index (κ2) is 7.59. The van der Waals surface area contributed by atoms with Gasteiger partial charge in [0.1, 0.15) is 17.6 Å². The zero-order valence-electron chi connectivity index (χ0n) is 10.8. The van der Waals surface area contributed by atoms with E-state index >= 15 is 0 Å². The Morgan fingerprint density at radius 2 is 2.11 bits per heavy atom. The maximum Gasteiger partial charge on any atom is 0.208 e. The lowest BCUT2D eigenvalue weighted by molar-refractivity contribution is 0.178. The summed E-state index contributed by atoms with van der Waals surface area (Å²) in [6.45, 7) is 1.22. The molecule has 0 saturated carbocycles. The molecule has 0 unspecified atom stereocenters. The Morgan fingerprint density at radius 1 is 1.37 bits per heavy atom. The van der Waals surface area contributed by atoms with Gasteiger partial charge in [0.05, 0.1) is 6.26 Å². The standard InChI is InChI=1S/C10H17ClN4O3S/c1-18-7-10-14-8(11)6-9(15-10)12-4-3-5-13-19(2,16)17/h6,13H,3-5,7H2,1-2H3,(H,12,14,15). The van der Waals surface area contributed by atoms with Crippen LogP contribution in [0.2, 0.25) is 5.15 Å². The van der Waals surface area contributed by atoms with Crippen LogP contribution in [0.15, 0.2) is 6.07 Å². The van der Waals surface area contributed by atoms with Crippen LogP contribution in [0.5, 0.6) is 0 Å². The molecule has 1 rings (SSSR count). The second-order valence-corrected chi connectivity index (χ2v) is 6.09. The Balaban J connectivity index is 2.40. The van der Waals surface area contributed by atoms with Gasteiger partial charge >= 0.3 is 0 Å². The van der Waals surface area contributed by atoms with Crippen LogP contribution in [0.25, 0.3) is 0 Å². The van der Waals surface area contributed by atoms with Gasteiger partial charge in [-0.1, -0.05) is 11.6 Å². The van der Waals surface area contributed by atoms with Gasteiger partial charge in [0.25, 0.3) is 0 Å². The number of nitrogens with one attached hydrogen (secondary N) is 2. The molecule has 19 heavy (non-hydrogen) atoms. The minimum absolute atomic E-state index is 0.283. The van der Waals surface area contributed by atoms with E-state index in [0.29, 0.717) is 36.3 Å². The molecule has 0 saturated heterocycles. The van der Waals surface area contributed by atoms with Gasteiger partial charge < -0.3 is 10.1 Å². The fourth-order valence-electron chi connectivity index (χ4n) is 1.31. The van der Waals surface area contributed by atoms with Gasteiger partial charge in [-0.3, -0.25) is 0 Å². The van der Waals surface area contributed by atoms with Gasteiger partial charge in [-0.15, -0.1) is 0 Å². The minimum atomic E-state index is -3.13. The van der Waals surface area contributed by atoms with E-state index in [1.165, 1.54) is 0 Å². The summed E-state index contributed by atoms with van der Waals surface area (Å²) in [5.74, 6) is 1.08. The van der Waals surface area contributed by atoms with E-state index in [4.69, 9.17) is 16.3 Å². The van der Waals surface area contributed by atoms with Gasteiger partial charge in [-0.25, -0.2) is 23.1 Å². The van der Waals surface area contributed by atoms with Gasteiger partial charge in [0, 0.05) is 26.3 Å². The fraction of sp³-hybridized carbons (Fsp3) is 0.600. The zero-order valence-corrected chi connectivity index (χ0v) is 12.4. The average molecular weight is 309 g/mol. The largest absolute Gasteiger partial charge is 0.377 e. The summed E-state index contributed by atoms with van der Waals surface area (Å²) >= 11 is 5.85. The lowest BCUT2D eigenvalue weighted by Gasteiger charge is -2.07. The lowest BCUT2D eigenvalue weighted by atomic mass is 10.4. The third-order valence-electron chi connectivity index (χ3n) is 2.04. The first-order chi connectivity index (χ1) is 8.90. The highest BCUT2D eigenvalue weighted by molar-refractivity contribution is 7.88. The van der Waals surface area contributed by atoms with Crippen LogP contribution < -0.4 is 10.0 Å². The van der Waals surface area contributed by atoms with E-state index in [-0.39, 0.29) is 6.61 Å². The summed E-state index contributed by atoms with van der Waals surface area (Å²) < 4.78 is 29.0. The number of hydrogen-bond acceptors (Lipinski definition) is 6. The number of halogens is 1. The van der Waals surface area contributed by atoms with Crippen molar-refractivity contribution in [2.45, 2.75) is 13.0 Å². The van der Waals surface area contributed by atoms with Crippen LogP contribution in [-0.2, 0) is 21.4 Å². The summed E-state index contributed by atoms with van der Waals surface area (Å²) in [5, 5.41) is 3.38. The van der Waals surface area contributed by atoms with E-state index in [1.54, 1.807) is 13.2 Å². The molecule has 9 heteroatoms. The SMILES string of the molecule is COCc1nc(Cl)cc(NCCCNS(C)(=O)=O)n1. The first kappa shape index (κ1) is 16.1. The Labute approximate surface area is 117 Å². The number of aromatic nitrogens is 2. The molecular weight excluding hydrogens is 292 g/mol.